The number of hydrogen-bond acceptors (Lipinski definition) is 4. The first-order chi connectivity index (χ1) is 11.5. The summed E-state index contributed by atoms with van der Waals surface area (Å²) in [5.74, 6) is 2.06. The maximum Gasteiger partial charge on any atom is 0.161 e. The van der Waals surface area contributed by atoms with Crippen LogP contribution < -0.4 is 9.47 Å². The summed E-state index contributed by atoms with van der Waals surface area (Å²) in [5, 5.41) is 0. The van der Waals surface area contributed by atoms with E-state index in [0.717, 1.165) is 37.3 Å². The predicted octanol–water partition coefficient (Wildman–Crippen LogP) is 3.18. The number of Topliss-reactive ketones (excluding diaryl/α,β-unsaturated/α-hetero) is 1. The lowest BCUT2D eigenvalue weighted by atomic mass is 9.52. The average molecular weight is 329 g/mol. The number of rotatable bonds is 3. The molecule has 24 heavy (non-hydrogen) atoms. The summed E-state index contributed by atoms with van der Waals surface area (Å²) in [6.07, 6.45) is 6.30. The number of ether oxygens (including phenoxy) is 2. The molecule has 2 saturated carbocycles. The van der Waals surface area contributed by atoms with Gasteiger partial charge in [-0.2, -0.15) is 0 Å². The Balaban J connectivity index is 1.69. The zero-order chi connectivity index (χ0) is 16.9. The number of fused-ring (bicyclic) bond motifs is 1. The smallest absolute Gasteiger partial charge is 0.161 e. The molecule has 0 bridgehead atoms. The van der Waals surface area contributed by atoms with Gasteiger partial charge in [0.05, 0.1) is 14.2 Å². The molecular formula is C20H27NO3. The van der Waals surface area contributed by atoms with Crippen molar-refractivity contribution in [3.05, 3.63) is 23.8 Å². The molecule has 4 heteroatoms. The minimum absolute atomic E-state index is 0.193. The Kier molecular flexibility index (Phi) is 3.64. The van der Waals surface area contributed by atoms with Gasteiger partial charge in [-0.15, -0.1) is 0 Å². The van der Waals surface area contributed by atoms with Gasteiger partial charge in [0.1, 0.15) is 5.78 Å². The summed E-state index contributed by atoms with van der Waals surface area (Å²) in [6, 6.07) is 6.96. The molecule has 2 aliphatic carbocycles. The van der Waals surface area contributed by atoms with Gasteiger partial charge in [-0.1, -0.05) is 6.07 Å². The number of methoxy groups -OCH3 is 2. The van der Waals surface area contributed by atoms with Gasteiger partial charge in [-0.25, -0.2) is 0 Å². The Hall–Kier alpha value is -1.55. The van der Waals surface area contributed by atoms with Gasteiger partial charge in [0.25, 0.3) is 0 Å². The number of nitrogens with zero attached hydrogens (tertiary/aromatic N) is 1. The van der Waals surface area contributed by atoms with Crippen LogP contribution in [0.4, 0.5) is 0 Å². The van der Waals surface area contributed by atoms with Crippen molar-refractivity contribution in [3.63, 3.8) is 0 Å². The van der Waals surface area contributed by atoms with Crippen molar-refractivity contribution >= 4 is 5.78 Å². The van der Waals surface area contributed by atoms with Crippen molar-refractivity contribution in [2.45, 2.75) is 50.0 Å². The van der Waals surface area contributed by atoms with E-state index in [1.165, 1.54) is 24.8 Å². The van der Waals surface area contributed by atoms with Crippen LogP contribution in [0, 0.1) is 5.41 Å². The number of carbonyl (C=O) groups excluding carboxylic acids is 1. The lowest BCUT2D eigenvalue weighted by molar-refractivity contribution is -0.136. The Bertz CT molecular complexity index is 663. The first-order valence-corrected chi connectivity index (χ1v) is 8.96. The summed E-state index contributed by atoms with van der Waals surface area (Å²) in [5.41, 5.74) is 1.86. The lowest BCUT2D eigenvalue weighted by Gasteiger charge is -2.53. The first kappa shape index (κ1) is 15.9. The molecule has 3 fully saturated rings. The summed E-state index contributed by atoms with van der Waals surface area (Å²) in [7, 11) is 5.63. The minimum atomic E-state index is 0.193. The lowest BCUT2D eigenvalue weighted by Crippen LogP contribution is -2.53. The minimum Gasteiger partial charge on any atom is -0.493 e. The quantitative estimate of drug-likeness (QED) is 0.854. The molecule has 3 aliphatic rings. The Morgan fingerprint density at radius 3 is 2.50 bits per heavy atom. The molecular weight excluding hydrogens is 302 g/mol. The monoisotopic (exact) mass is 329 g/mol. The van der Waals surface area contributed by atoms with Crippen LogP contribution in [0.25, 0.3) is 0 Å². The second-order valence-electron chi connectivity index (χ2n) is 8.07. The van der Waals surface area contributed by atoms with E-state index in [1.54, 1.807) is 14.2 Å². The molecule has 0 radical (unpaired) electrons. The van der Waals surface area contributed by atoms with Gasteiger partial charge < -0.3 is 14.4 Å². The molecule has 130 valence electrons. The van der Waals surface area contributed by atoms with Crippen molar-refractivity contribution in [2.24, 2.45) is 5.41 Å². The Morgan fingerprint density at radius 2 is 1.83 bits per heavy atom. The largest absolute Gasteiger partial charge is 0.493 e. The van der Waals surface area contributed by atoms with Gasteiger partial charge in [-0.05, 0) is 62.4 Å². The molecule has 0 aromatic heterocycles. The summed E-state index contributed by atoms with van der Waals surface area (Å²) in [6.45, 7) is 1.13. The van der Waals surface area contributed by atoms with Crippen LogP contribution >= 0.6 is 0 Å². The van der Waals surface area contributed by atoms with E-state index < -0.39 is 0 Å². The molecule has 1 aromatic rings. The van der Waals surface area contributed by atoms with E-state index in [-0.39, 0.29) is 5.41 Å². The van der Waals surface area contributed by atoms with E-state index in [0.29, 0.717) is 17.2 Å². The van der Waals surface area contributed by atoms with Crippen molar-refractivity contribution < 1.29 is 14.3 Å². The zero-order valence-corrected chi connectivity index (χ0v) is 14.9. The molecule has 1 saturated heterocycles. The van der Waals surface area contributed by atoms with Crippen molar-refractivity contribution in [2.75, 3.05) is 27.8 Å². The highest BCUT2D eigenvalue weighted by Crippen LogP contribution is 2.59. The Labute approximate surface area is 144 Å². The third-order valence-corrected chi connectivity index (χ3v) is 6.91. The highest BCUT2D eigenvalue weighted by molar-refractivity contribution is 5.86. The van der Waals surface area contributed by atoms with E-state index >= 15 is 0 Å². The normalized spacial score (nSPS) is 31.6. The number of carbonyl (C=O) groups is 1. The molecule has 1 heterocycles. The van der Waals surface area contributed by atoms with E-state index in [9.17, 15) is 4.79 Å². The maximum absolute atomic E-state index is 11.6. The molecule has 4 rings (SSSR count). The number of likely N-dealkylation sites (tertiary alicyclic amines) is 1. The highest BCUT2D eigenvalue weighted by Gasteiger charge is 2.57. The third kappa shape index (κ3) is 2.19. The van der Waals surface area contributed by atoms with Crippen molar-refractivity contribution in [1.82, 2.24) is 4.90 Å². The van der Waals surface area contributed by atoms with Crippen molar-refractivity contribution in [1.29, 1.82) is 0 Å². The molecule has 0 N–H and O–H groups in total. The van der Waals surface area contributed by atoms with Gasteiger partial charge in [0, 0.05) is 24.3 Å². The van der Waals surface area contributed by atoms with E-state index in [2.05, 4.69) is 24.1 Å². The molecule has 0 amide bonds. The summed E-state index contributed by atoms with van der Waals surface area (Å²) < 4.78 is 11.0. The van der Waals surface area contributed by atoms with Gasteiger partial charge in [-0.3, -0.25) is 4.79 Å². The van der Waals surface area contributed by atoms with E-state index in [4.69, 9.17) is 9.47 Å². The van der Waals surface area contributed by atoms with Crippen LogP contribution in [-0.4, -0.2) is 44.5 Å². The number of likely N-dealkylation sites (N-methyl/N-ethyl adjacent to an activating group) is 1. The van der Waals surface area contributed by atoms with Crippen LogP contribution in [0.1, 0.15) is 44.1 Å². The van der Waals surface area contributed by atoms with Gasteiger partial charge >= 0.3 is 0 Å². The van der Waals surface area contributed by atoms with Crippen LogP contribution in [0.5, 0.6) is 11.5 Å². The fourth-order valence-electron chi connectivity index (χ4n) is 5.50. The molecule has 1 spiro atoms. The zero-order valence-electron chi connectivity index (χ0n) is 14.9. The molecule has 1 aliphatic heterocycles. The van der Waals surface area contributed by atoms with Crippen LogP contribution in [0.3, 0.4) is 0 Å². The number of hydrogen-bond donors (Lipinski definition) is 0. The molecule has 2 atom stereocenters. The topological polar surface area (TPSA) is 38.8 Å². The third-order valence-electron chi connectivity index (χ3n) is 6.91. The Morgan fingerprint density at radius 1 is 1.08 bits per heavy atom. The standard InChI is InChI=1S/C20H27NO3/c1-21-9-8-20(14-4-5-16(23-2)17(10-14)24-3)7-6-19(13-18(20)21)11-15(22)12-19/h4-5,10,18H,6-9,11-13H2,1-3H3. The van der Waals surface area contributed by atoms with Gasteiger partial charge in [0.2, 0.25) is 0 Å². The van der Waals surface area contributed by atoms with Crippen LogP contribution in [0.15, 0.2) is 18.2 Å². The van der Waals surface area contributed by atoms with Crippen LogP contribution in [-0.2, 0) is 10.2 Å². The van der Waals surface area contributed by atoms with Crippen LogP contribution in [0.2, 0.25) is 0 Å². The second kappa shape index (κ2) is 5.48. The molecule has 1 aromatic carbocycles. The van der Waals surface area contributed by atoms with Crippen molar-refractivity contribution in [3.8, 4) is 11.5 Å². The van der Waals surface area contributed by atoms with Gasteiger partial charge in [0.15, 0.2) is 11.5 Å². The number of benzene rings is 1. The molecule has 4 nitrogen and oxygen atoms in total. The molecule has 2 unspecified atom stereocenters. The fourth-order valence-corrected chi connectivity index (χ4v) is 5.50. The summed E-state index contributed by atoms with van der Waals surface area (Å²) in [4.78, 5) is 14.1. The predicted molar refractivity (Wildman–Crippen MR) is 92.8 cm³/mol. The summed E-state index contributed by atoms with van der Waals surface area (Å²) >= 11 is 0. The average Bonchev–Trinajstić information content (AvgIpc) is 2.91. The van der Waals surface area contributed by atoms with E-state index in [1.807, 2.05) is 6.07 Å². The first-order valence-electron chi connectivity index (χ1n) is 8.96. The second-order valence-corrected chi connectivity index (χ2v) is 8.07. The number of ketones is 1. The SMILES string of the molecule is COc1ccc(C23CCN(C)C2CC2(CC3)CC(=O)C2)cc1OC. The fraction of sp³-hybridized carbons (Fsp3) is 0.650. The maximum atomic E-state index is 11.6. The highest BCUT2D eigenvalue weighted by atomic mass is 16.5.